The van der Waals surface area contributed by atoms with Gasteiger partial charge < -0.3 is 4.90 Å². The van der Waals surface area contributed by atoms with Gasteiger partial charge >= 0.3 is 0 Å². The first-order valence-corrected chi connectivity index (χ1v) is 10.5. The summed E-state index contributed by atoms with van der Waals surface area (Å²) in [5.74, 6) is -0.124. The zero-order valence-corrected chi connectivity index (χ0v) is 15.8. The van der Waals surface area contributed by atoms with Crippen molar-refractivity contribution in [3.05, 3.63) is 58.6 Å². The maximum Gasteiger partial charge on any atom is 0.258 e. The van der Waals surface area contributed by atoms with Crippen LogP contribution in [0.1, 0.15) is 28.8 Å². The fraction of sp³-hybridized carbons (Fsp3) is 0.316. The van der Waals surface area contributed by atoms with Gasteiger partial charge in [0.05, 0.1) is 4.90 Å². The van der Waals surface area contributed by atoms with Gasteiger partial charge in [0.25, 0.3) is 5.91 Å². The van der Waals surface area contributed by atoms with E-state index in [1.165, 1.54) is 0 Å². The molecule has 0 saturated carbocycles. The molecule has 26 heavy (non-hydrogen) atoms. The normalized spacial score (nSPS) is 17.5. The van der Waals surface area contributed by atoms with Gasteiger partial charge in [-0.25, -0.2) is 8.42 Å². The van der Waals surface area contributed by atoms with E-state index in [4.69, 9.17) is 11.6 Å². The highest BCUT2D eigenvalue weighted by Gasteiger charge is 2.31. The van der Waals surface area contributed by atoms with E-state index in [1.54, 1.807) is 51.7 Å². The standard InChI is InChI=1S/C19H19ClN2O3S/c20-16-5-3-4-15(12-16)19(23)22-11-8-14-13-17(6-7-18(14)22)26(24,25)21-9-1-2-10-21/h3-7,12-13H,1-2,8-11H2. The Bertz CT molecular complexity index is 968. The van der Waals surface area contributed by atoms with Crippen LogP contribution in [-0.2, 0) is 16.4 Å². The summed E-state index contributed by atoms with van der Waals surface area (Å²) in [5, 5.41) is 0.516. The highest BCUT2D eigenvalue weighted by atomic mass is 35.5. The lowest BCUT2D eigenvalue weighted by molar-refractivity contribution is 0.0989. The maximum atomic E-state index is 12.8. The minimum absolute atomic E-state index is 0.124. The second-order valence-electron chi connectivity index (χ2n) is 6.62. The Morgan fingerprint density at radius 1 is 1.00 bits per heavy atom. The van der Waals surface area contributed by atoms with Gasteiger partial charge in [0.15, 0.2) is 0 Å². The van der Waals surface area contributed by atoms with Crippen molar-refractivity contribution >= 4 is 33.2 Å². The van der Waals surface area contributed by atoms with Crippen molar-refractivity contribution in [3.8, 4) is 0 Å². The molecule has 2 aliphatic heterocycles. The Balaban J connectivity index is 1.63. The van der Waals surface area contributed by atoms with Crippen molar-refractivity contribution in [1.29, 1.82) is 0 Å². The Labute approximate surface area is 158 Å². The van der Waals surface area contributed by atoms with Crippen LogP contribution in [0.3, 0.4) is 0 Å². The number of carbonyl (C=O) groups excluding carboxylic acids is 1. The van der Waals surface area contributed by atoms with Crippen molar-refractivity contribution in [2.24, 2.45) is 0 Å². The molecule has 2 aromatic rings. The quantitative estimate of drug-likeness (QED) is 0.807. The van der Waals surface area contributed by atoms with Gasteiger partial charge in [-0.3, -0.25) is 4.79 Å². The Morgan fingerprint density at radius 2 is 1.77 bits per heavy atom. The van der Waals surface area contributed by atoms with E-state index < -0.39 is 10.0 Å². The van der Waals surface area contributed by atoms with E-state index in [9.17, 15) is 13.2 Å². The molecule has 1 amide bonds. The van der Waals surface area contributed by atoms with E-state index >= 15 is 0 Å². The molecule has 2 aliphatic rings. The molecule has 0 N–H and O–H groups in total. The van der Waals surface area contributed by atoms with Gasteiger partial charge in [-0.05, 0) is 61.2 Å². The molecule has 0 aromatic heterocycles. The number of hydrogen-bond donors (Lipinski definition) is 0. The minimum Gasteiger partial charge on any atom is -0.308 e. The molecule has 136 valence electrons. The van der Waals surface area contributed by atoms with Gasteiger partial charge in [0.1, 0.15) is 0 Å². The van der Waals surface area contributed by atoms with E-state index in [2.05, 4.69) is 0 Å². The molecule has 0 aliphatic carbocycles. The van der Waals surface area contributed by atoms with Crippen LogP contribution < -0.4 is 4.90 Å². The minimum atomic E-state index is -3.44. The van der Waals surface area contributed by atoms with Gasteiger partial charge in [-0.1, -0.05) is 17.7 Å². The van der Waals surface area contributed by atoms with E-state index in [-0.39, 0.29) is 5.91 Å². The average Bonchev–Trinajstić information content (AvgIpc) is 3.30. The number of amides is 1. The Kier molecular flexibility index (Phi) is 4.50. The lowest BCUT2D eigenvalue weighted by Crippen LogP contribution is -2.29. The van der Waals surface area contributed by atoms with Crippen LogP contribution in [-0.4, -0.2) is 38.3 Å². The molecule has 2 heterocycles. The van der Waals surface area contributed by atoms with Crippen LogP contribution in [0.2, 0.25) is 5.02 Å². The van der Waals surface area contributed by atoms with Crippen LogP contribution in [0.25, 0.3) is 0 Å². The molecule has 0 radical (unpaired) electrons. The molecule has 7 heteroatoms. The van der Waals surface area contributed by atoms with Crippen LogP contribution >= 0.6 is 11.6 Å². The maximum absolute atomic E-state index is 12.8. The number of sulfonamides is 1. The van der Waals surface area contributed by atoms with Crippen LogP contribution in [0.15, 0.2) is 47.4 Å². The summed E-state index contributed by atoms with van der Waals surface area (Å²) in [5.41, 5.74) is 2.19. The van der Waals surface area contributed by atoms with Crippen molar-refractivity contribution in [2.75, 3.05) is 24.5 Å². The van der Waals surface area contributed by atoms with Gasteiger partial charge in [-0.2, -0.15) is 4.31 Å². The summed E-state index contributed by atoms with van der Waals surface area (Å²) in [4.78, 5) is 14.8. The fourth-order valence-electron chi connectivity index (χ4n) is 3.60. The summed E-state index contributed by atoms with van der Waals surface area (Å²) < 4.78 is 27.0. The smallest absolute Gasteiger partial charge is 0.258 e. The Morgan fingerprint density at radius 3 is 2.50 bits per heavy atom. The SMILES string of the molecule is O=C(c1cccc(Cl)c1)N1CCc2cc(S(=O)(=O)N3CCCC3)ccc21. The molecule has 4 rings (SSSR count). The molecular formula is C19H19ClN2O3S. The predicted molar refractivity (Wildman–Crippen MR) is 101 cm³/mol. The first-order chi connectivity index (χ1) is 12.5. The van der Waals surface area contributed by atoms with Crippen LogP contribution in [0.4, 0.5) is 5.69 Å². The second kappa shape index (κ2) is 6.68. The van der Waals surface area contributed by atoms with Gasteiger partial charge in [-0.15, -0.1) is 0 Å². The highest BCUT2D eigenvalue weighted by molar-refractivity contribution is 7.89. The molecule has 1 saturated heterocycles. The number of rotatable bonds is 3. The summed E-state index contributed by atoms with van der Waals surface area (Å²) in [7, 11) is -3.44. The monoisotopic (exact) mass is 390 g/mol. The number of hydrogen-bond acceptors (Lipinski definition) is 3. The molecule has 0 atom stereocenters. The lowest BCUT2D eigenvalue weighted by Gasteiger charge is -2.19. The number of benzene rings is 2. The lowest BCUT2D eigenvalue weighted by atomic mass is 10.1. The van der Waals surface area contributed by atoms with Crippen molar-refractivity contribution < 1.29 is 13.2 Å². The number of anilines is 1. The predicted octanol–water partition coefficient (Wildman–Crippen LogP) is 3.33. The molecule has 0 unspecified atom stereocenters. The third-order valence-corrected chi connectivity index (χ3v) is 7.10. The zero-order valence-electron chi connectivity index (χ0n) is 14.2. The Hall–Kier alpha value is -1.89. The zero-order chi connectivity index (χ0) is 18.3. The average molecular weight is 391 g/mol. The largest absolute Gasteiger partial charge is 0.308 e. The van der Waals surface area contributed by atoms with Crippen molar-refractivity contribution in [3.63, 3.8) is 0 Å². The first-order valence-electron chi connectivity index (χ1n) is 8.67. The second-order valence-corrected chi connectivity index (χ2v) is 8.99. The van der Waals surface area contributed by atoms with Crippen molar-refractivity contribution in [2.45, 2.75) is 24.2 Å². The summed E-state index contributed by atoms with van der Waals surface area (Å²) >= 11 is 5.99. The molecule has 2 aromatic carbocycles. The summed E-state index contributed by atoms with van der Waals surface area (Å²) in [6.45, 7) is 1.70. The summed E-state index contributed by atoms with van der Waals surface area (Å²) in [6, 6.07) is 11.9. The number of nitrogens with zero attached hydrogens (tertiary/aromatic N) is 2. The van der Waals surface area contributed by atoms with Crippen LogP contribution in [0, 0.1) is 0 Å². The van der Waals surface area contributed by atoms with Crippen LogP contribution in [0.5, 0.6) is 0 Å². The highest BCUT2D eigenvalue weighted by Crippen LogP contribution is 2.33. The third-order valence-electron chi connectivity index (χ3n) is 4.97. The summed E-state index contributed by atoms with van der Waals surface area (Å²) in [6.07, 6.45) is 2.46. The van der Waals surface area contributed by atoms with Crippen molar-refractivity contribution in [1.82, 2.24) is 4.31 Å². The van der Waals surface area contributed by atoms with E-state index in [1.807, 2.05) is 0 Å². The van der Waals surface area contributed by atoms with E-state index in [0.29, 0.717) is 41.5 Å². The number of halogens is 1. The topological polar surface area (TPSA) is 57.7 Å². The molecule has 5 nitrogen and oxygen atoms in total. The fourth-order valence-corrected chi connectivity index (χ4v) is 5.36. The number of carbonyl (C=O) groups is 1. The molecular weight excluding hydrogens is 372 g/mol. The van der Waals surface area contributed by atoms with Gasteiger partial charge in [0.2, 0.25) is 10.0 Å². The first kappa shape index (κ1) is 17.5. The number of fused-ring (bicyclic) bond motifs is 1. The molecule has 0 spiro atoms. The van der Waals surface area contributed by atoms with E-state index in [0.717, 1.165) is 24.1 Å². The molecule has 1 fully saturated rings. The van der Waals surface area contributed by atoms with Gasteiger partial charge in [0, 0.05) is 35.9 Å². The third kappa shape index (κ3) is 3.02. The molecule has 0 bridgehead atoms.